The molecule has 6 heteroatoms. The highest BCUT2D eigenvalue weighted by atomic mass is 16.2. The summed E-state index contributed by atoms with van der Waals surface area (Å²) in [5, 5.41) is 2.85. The number of pyridine rings is 1. The van der Waals surface area contributed by atoms with Crippen LogP contribution in [0.25, 0.3) is 5.69 Å². The molecule has 1 amide bonds. The molecule has 1 aromatic carbocycles. The van der Waals surface area contributed by atoms with Crippen LogP contribution < -0.4 is 10.9 Å². The van der Waals surface area contributed by atoms with Gasteiger partial charge in [0.15, 0.2) is 0 Å². The number of amides is 1. The molecule has 3 aromatic rings. The average molecular weight is 378 g/mol. The Kier molecular flexibility index (Phi) is 5.78. The Balaban J connectivity index is 1.92. The van der Waals surface area contributed by atoms with E-state index in [0.717, 1.165) is 23.5 Å². The van der Waals surface area contributed by atoms with Crippen LogP contribution >= 0.6 is 0 Å². The van der Waals surface area contributed by atoms with Gasteiger partial charge in [0.1, 0.15) is 5.56 Å². The molecule has 0 aliphatic carbocycles. The first-order valence-electron chi connectivity index (χ1n) is 9.52. The van der Waals surface area contributed by atoms with E-state index in [1.807, 2.05) is 35.8 Å². The van der Waals surface area contributed by atoms with E-state index in [4.69, 9.17) is 0 Å². The molecule has 146 valence electrons. The number of rotatable bonds is 6. The monoisotopic (exact) mass is 378 g/mol. The fourth-order valence-electron chi connectivity index (χ4n) is 3.18. The summed E-state index contributed by atoms with van der Waals surface area (Å²) < 4.78 is 3.48. The molecule has 0 bridgehead atoms. The summed E-state index contributed by atoms with van der Waals surface area (Å²) in [6.45, 7) is 9.10. The van der Waals surface area contributed by atoms with E-state index in [0.29, 0.717) is 18.0 Å². The summed E-state index contributed by atoms with van der Waals surface area (Å²) in [5.41, 5.74) is 3.30. The summed E-state index contributed by atoms with van der Waals surface area (Å²) in [6.07, 6.45) is 5.17. The lowest BCUT2D eigenvalue weighted by molar-refractivity contribution is 0.0947. The number of hydrogen-bond acceptors (Lipinski definition) is 3. The molecule has 0 aliphatic heterocycles. The number of nitrogens with zero attached hydrogens (tertiary/aromatic N) is 3. The van der Waals surface area contributed by atoms with Crippen LogP contribution in [0.2, 0.25) is 0 Å². The molecule has 2 aromatic heterocycles. The standard InChI is InChI=1S/C22H26N4O2/c1-5-25-14-23-12-19(25)13-24-21(27)20-16(4)9-10-26(22(20)28)18-8-6-7-17(11-18)15(2)3/h6-12,14-15H,5,13H2,1-4H3,(H,24,27). The second-order valence-corrected chi connectivity index (χ2v) is 7.15. The highest BCUT2D eigenvalue weighted by Crippen LogP contribution is 2.17. The summed E-state index contributed by atoms with van der Waals surface area (Å²) in [7, 11) is 0. The second-order valence-electron chi connectivity index (χ2n) is 7.15. The minimum absolute atomic E-state index is 0.167. The molecule has 0 fully saturated rings. The van der Waals surface area contributed by atoms with Gasteiger partial charge in [0.2, 0.25) is 0 Å². The second kappa shape index (κ2) is 8.25. The van der Waals surface area contributed by atoms with Gasteiger partial charge >= 0.3 is 0 Å². The number of hydrogen-bond donors (Lipinski definition) is 1. The molecule has 6 nitrogen and oxygen atoms in total. The number of carbonyl (C=O) groups is 1. The highest BCUT2D eigenvalue weighted by molar-refractivity contribution is 5.95. The lowest BCUT2D eigenvalue weighted by atomic mass is 10.0. The topological polar surface area (TPSA) is 68.9 Å². The minimum atomic E-state index is -0.374. The largest absolute Gasteiger partial charge is 0.346 e. The third kappa shape index (κ3) is 3.91. The molecular weight excluding hydrogens is 352 g/mol. The van der Waals surface area contributed by atoms with Crippen molar-refractivity contribution in [1.29, 1.82) is 0 Å². The Morgan fingerprint density at radius 3 is 2.75 bits per heavy atom. The van der Waals surface area contributed by atoms with Gasteiger partial charge in [-0.15, -0.1) is 0 Å². The van der Waals surface area contributed by atoms with Gasteiger partial charge in [-0.1, -0.05) is 26.0 Å². The molecule has 0 atom stereocenters. The normalized spacial score (nSPS) is 11.0. The zero-order valence-electron chi connectivity index (χ0n) is 16.8. The fourth-order valence-corrected chi connectivity index (χ4v) is 3.18. The Morgan fingerprint density at radius 2 is 2.04 bits per heavy atom. The van der Waals surface area contributed by atoms with Gasteiger partial charge in [-0.25, -0.2) is 4.98 Å². The van der Waals surface area contributed by atoms with E-state index < -0.39 is 0 Å². The van der Waals surface area contributed by atoms with Gasteiger partial charge in [0.25, 0.3) is 11.5 Å². The van der Waals surface area contributed by atoms with E-state index >= 15 is 0 Å². The summed E-state index contributed by atoms with van der Waals surface area (Å²) in [4.78, 5) is 30.0. The van der Waals surface area contributed by atoms with Gasteiger partial charge in [-0.05, 0) is 49.1 Å². The van der Waals surface area contributed by atoms with E-state index in [9.17, 15) is 9.59 Å². The van der Waals surface area contributed by atoms with Crippen LogP contribution in [-0.2, 0) is 13.1 Å². The molecule has 2 heterocycles. The van der Waals surface area contributed by atoms with Crippen LogP contribution in [0.1, 0.15) is 53.9 Å². The van der Waals surface area contributed by atoms with Gasteiger partial charge in [0.05, 0.1) is 18.6 Å². The number of aryl methyl sites for hydroxylation is 2. The Hall–Kier alpha value is -3.15. The maximum absolute atomic E-state index is 13.1. The van der Waals surface area contributed by atoms with Gasteiger partial charge in [-0.2, -0.15) is 0 Å². The average Bonchev–Trinajstić information content (AvgIpc) is 3.14. The predicted octanol–water partition coefficient (Wildman–Crippen LogP) is 3.42. The van der Waals surface area contributed by atoms with Crippen LogP contribution in [0.15, 0.2) is 53.8 Å². The number of nitrogens with one attached hydrogen (secondary N) is 1. The number of benzene rings is 1. The molecule has 0 aliphatic rings. The molecule has 0 saturated heterocycles. The van der Waals surface area contributed by atoms with Crippen LogP contribution in [-0.4, -0.2) is 20.0 Å². The van der Waals surface area contributed by atoms with Crippen LogP contribution in [0, 0.1) is 6.92 Å². The smallest absolute Gasteiger partial charge is 0.268 e. The number of aromatic nitrogens is 3. The van der Waals surface area contributed by atoms with Crippen molar-refractivity contribution >= 4 is 5.91 Å². The van der Waals surface area contributed by atoms with Crippen molar-refractivity contribution in [1.82, 2.24) is 19.4 Å². The van der Waals surface area contributed by atoms with E-state index in [-0.39, 0.29) is 17.0 Å². The quantitative estimate of drug-likeness (QED) is 0.715. The van der Waals surface area contributed by atoms with Crippen molar-refractivity contribution in [2.45, 2.75) is 46.7 Å². The molecular formula is C22H26N4O2. The van der Waals surface area contributed by atoms with Gasteiger partial charge in [-0.3, -0.25) is 14.2 Å². The summed E-state index contributed by atoms with van der Waals surface area (Å²) >= 11 is 0. The van der Waals surface area contributed by atoms with Gasteiger partial charge in [0, 0.05) is 24.6 Å². The SMILES string of the molecule is CCn1cncc1CNC(=O)c1c(C)ccn(-c2cccc(C(C)C)c2)c1=O. The Bertz CT molecular complexity index is 1050. The van der Waals surface area contributed by atoms with Crippen LogP contribution in [0.4, 0.5) is 0 Å². The highest BCUT2D eigenvalue weighted by Gasteiger charge is 2.17. The molecule has 0 saturated carbocycles. The molecule has 0 radical (unpaired) electrons. The molecule has 0 unspecified atom stereocenters. The zero-order valence-corrected chi connectivity index (χ0v) is 16.8. The first kappa shape index (κ1) is 19.6. The predicted molar refractivity (Wildman–Crippen MR) is 110 cm³/mol. The lowest BCUT2D eigenvalue weighted by Gasteiger charge is -2.13. The van der Waals surface area contributed by atoms with Crippen LogP contribution in [0.5, 0.6) is 0 Å². The fraction of sp³-hybridized carbons (Fsp3) is 0.318. The first-order valence-corrected chi connectivity index (χ1v) is 9.52. The van der Waals surface area contributed by atoms with Crippen molar-refractivity contribution in [3.8, 4) is 5.69 Å². The molecule has 1 N–H and O–H groups in total. The number of carbonyl (C=O) groups excluding carboxylic acids is 1. The molecule has 28 heavy (non-hydrogen) atoms. The Labute approximate surface area is 164 Å². The molecule has 3 rings (SSSR count). The van der Waals surface area contributed by atoms with E-state index in [1.165, 1.54) is 4.57 Å². The van der Waals surface area contributed by atoms with Crippen molar-refractivity contribution in [2.24, 2.45) is 0 Å². The van der Waals surface area contributed by atoms with Crippen molar-refractivity contribution in [3.05, 3.63) is 81.8 Å². The molecule has 0 spiro atoms. The van der Waals surface area contributed by atoms with Gasteiger partial charge < -0.3 is 9.88 Å². The Morgan fingerprint density at radius 1 is 1.25 bits per heavy atom. The third-order valence-electron chi connectivity index (χ3n) is 4.91. The van der Waals surface area contributed by atoms with Crippen LogP contribution in [0.3, 0.4) is 0 Å². The zero-order chi connectivity index (χ0) is 20.3. The van der Waals surface area contributed by atoms with Crippen molar-refractivity contribution in [2.75, 3.05) is 0 Å². The van der Waals surface area contributed by atoms with E-state index in [2.05, 4.69) is 24.1 Å². The first-order chi connectivity index (χ1) is 13.4. The maximum Gasteiger partial charge on any atom is 0.268 e. The number of imidazole rings is 1. The lowest BCUT2D eigenvalue weighted by Crippen LogP contribution is -2.33. The summed E-state index contributed by atoms with van der Waals surface area (Å²) in [6, 6.07) is 9.64. The minimum Gasteiger partial charge on any atom is -0.346 e. The maximum atomic E-state index is 13.1. The van der Waals surface area contributed by atoms with Crippen molar-refractivity contribution < 1.29 is 4.79 Å². The van der Waals surface area contributed by atoms with Crippen molar-refractivity contribution in [3.63, 3.8) is 0 Å². The summed E-state index contributed by atoms with van der Waals surface area (Å²) in [5.74, 6) is -0.0204. The van der Waals surface area contributed by atoms with E-state index in [1.54, 1.807) is 31.7 Å². The third-order valence-corrected chi connectivity index (χ3v) is 4.91.